The lowest BCUT2D eigenvalue weighted by Gasteiger charge is -2.00. The van der Waals surface area contributed by atoms with E-state index in [0.29, 0.717) is 17.9 Å². The first-order chi connectivity index (χ1) is 7.29. The molecule has 0 atom stereocenters. The molecule has 2 aromatic rings. The minimum Gasteiger partial charge on any atom is -0.234 e. The van der Waals surface area contributed by atoms with E-state index in [9.17, 15) is 4.39 Å². The first-order valence-electron chi connectivity index (χ1n) is 4.60. The molecule has 0 aliphatic carbocycles. The Kier molecular flexibility index (Phi) is 2.62. The van der Waals surface area contributed by atoms with Crippen molar-refractivity contribution in [2.45, 2.75) is 13.3 Å². The summed E-state index contributed by atoms with van der Waals surface area (Å²) in [7, 11) is 0. The summed E-state index contributed by atoms with van der Waals surface area (Å²) in [5, 5.41) is 0. The Balaban J connectivity index is 2.49. The Morgan fingerprint density at radius 3 is 2.53 bits per heavy atom. The van der Waals surface area contributed by atoms with Gasteiger partial charge < -0.3 is 0 Å². The van der Waals surface area contributed by atoms with Gasteiger partial charge >= 0.3 is 0 Å². The third-order valence-electron chi connectivity index (χ3n) is 1.88. The van der Waals surface area contributed by atoms with Crippen molar-refractivity contribution in [3.8, 4) is 11.6 Å². The summed E-state index contributed by atoms with van der Waals surface area (Å²) in [6, 6.07) is 3.00. The number of aromatic nitrogens is 4. The van der Waals surface area contributed by atoms with Gasteiger partial charge in [-0.3, -0.25) is 0 Å². The van der Waals surface area contributed by atoms with Crippen molar-refractivity contribution in [2.24, 2.45) is 0 Å². The van der Waals surface area contributed by atoms with E-state index >= 15 is 0 Å². The second-order valence-electron chi connectivity index (χ2n) is 2.93. The summed E-state index contributed by atoms with van der Waals surface area (Å²) >= 11 is 0. The second kappa shape index (κ2) is 4.08. The van der Waals surface area contributed by atoms with Crippen LogP contribution in [0.2, 0.25) is 0 Å². The van der Waals surface area contributed by atoms with Gasteiger partial charge in [-0.05, 0) is 12.5 Å². The quantitative estimate of drug-likeness (QED) is 0.698. The topological polar surface area (TPSA) is 51.6 Å². The lowest BCUT2D eigenvalue weighted by molar-refractivity contribution is 0.577. The van der Waals surface area contributed by atoms with E-state index in [1.807, 2.05) is 6.92 Å². The lowest BCUT2D eigenvalue weighted by atomic mass is 10.3. The molecule has 0 bridgehead atoms. The second-order valence-corrected chi connectivity index (χ2v) is 2.93. The van der Waals surface area contributed by atoms with Crippen molar-refractivity contribution in [2.75, 3.05) is 0 Å². The smallest absolute Gasteiger partial charge is 0.216 e. The average molecular weight is 204 g/mol. The highest BCUT2D eigenvalue weighted by molar-refractivity contribution is 5.41. The molecule has 0 aliphatic rings. The number of rotatable bonds is 2. The highest BCUT2D eigenvalue weighted by Gasteiger charge is 2.07. The fraction of sp³-hybridized carbons (Fsp3) is 0.200. The Hall–Kier alpha value is -1.91. The number of aryl methyl sites for hydroxylation is 1. The van der Waals surface area contributed by atoms with Gasteiger partial charge in [0.15, 0.2) is 5.82 Å². The van der Waals surface area contributed by atoms with E-state index in [-0.39, 0.29) is 5.82 Å². The molecule has 0 aliphatic heterocycles. The summed E-state index contributed by atoms with van der Waals surface area (Å²) in [5.41, 5.74) is 0.643. The fourth-order valence-corrected chi connectivity index (χ4v) is 1.16. The zero-order valence-corrected chi connectivity index (χ0v) is 8.18. The largest absolute Gasteiger partial charge is 0.234 e. The summed E-state index contributed by atoms with van der Waals surface area (Å²) in [6.07, 6.45) is 3.80. The monoisotopic (exact) mass is 204 g/mol. The van der Waals surface area contributed by atoms with Gasteiger partial charge in [0.1, 0.15) is 0 Å². The van der Waals surface area contributed by atoms with Crippen LogP contribution in [0.5, 0.6) is 0 Å². The summed E-state index contributed by atoms with van der Waals surface area (Å²) in [6.45, 7) is 1.90. The van der Waals surface area contributed by atoms with E-state index in [1.165, 1.54) is 6.07 Å². The van der Waals surface area contributed by atoms with Crippen LogP contribution in [0.15, 0.2) is 24.5 Å². The summed E-state index contributed by atoms with van der Waals surface area (Å²) in [5.74, 6) is 0.0171. The highest BCUT2D eigenvalue weighted by Crippen LogP contribution is 2.09. The molecule has 2 aromatic heterocycles. The van der Waals surface area contributed by atoms with Gasteiger partial charge in [0, 0.05) is 24.2 Å². The lowest BCUT2D eigenvalue weighted by Crippen LogP contribution is -2.00. The molecule has 76 valence electrons. The van der Waals surface area contributed by atoms with Crippen LogP contribution in [0.4, 0.5) is 4.39 Å². The summed E-state index contributed by atoms with van der Waals surface area (Å²) in [4.78, 5) is 15.7. The molecule has 0 N–H and O–H groups in total. The summed E-state index contributed by atoms with van der Waals surface area (Å²) < 4.78 is 13.1. The predicted octanol–water partition coefficient (Wildman–Crippen LogP) is 1.64. The molecular weight excluding hydrogens is 195 g/mol. The molecule has 0 unspecified atom stereocenters. The molecule has 0 saturated heterocycles. The van der Waals surface area contributed by atoms with Crippen LogP contribution in [0.1, 0.15) is 12.6 Å². The first kappa shape index (κ1) is 9.64. The first-order valence-corrected chi connectivity index (χ1v) is 4.60. The van der Waals surface area contributed by atoms with Gasteiger partial charge in [-0.2, -0.15) is 9.37 Å². The van der Waals surface area contributed by atoms with Gasteiger partial charge in [-0.1, -0.05) is 6.92 Å². The molecule has 0 amide bonds. The minimum atomic E-state index is -0.552. The Morgan fingerprint density at radius 1 is 1.13 bits per heavy atom. The maximum absolute atomic E-state index is 13.1. The minimum absolute atomic E-state index is 0.229. The molecular formula is C10H9FN4. The van der Waals surface area contributed by atoms with Crippen LogP contribution in [0.25, 0.3) is 11.6 Å². The highest BCUT2D eigenvalue weighted by atomic mass is 19.1. The van der Waals surface area contributed by atoms with Crippen LogP contribution in [0, 0.1) is 5.95 Å². The van der Waals surface area contributed by atoms with E-state index in [2.05, 4.69) is 19.9 Å². The molecule has 0 spiro atoms. The molecule has 2 heterocycles. The van der Waals surface area contributed by atoms with Crippen LogP contribution >= 0.6 is 0 Å². The Morgan fingerprint density at radius 2 is 1.87 bits per heavy atom. The zero-order chi connectivity index (χ0) is 10.7. The van der Waals surface area contributed by atoms with E-state index in [4.69, 9.17) is 0 Å². The number of halogens is 1. The van der Waals surface area contributed by atoms with Crippen molar-refractivity contribution in [1.29, 1.82) is 0 Å². The zero-order valence-electron chi connectivity index (χ0n) is 8.18. The van der Waals surface area contributed by atoms with Crippen LogP contribution in [-0.2, 0) is 6.42 Å². The van der Waals surface area contributed by atoms with E-state index < -0.39 is 5.95 Å². The van der Waals surface area contributed by atoms with Gasteiger partial charge in [-0.15, -0.1) is 0 Å². The SMILES string of the molecule is CCc1cc(F)nc(-c2ncccn2)n1. The van der Waals surface area contributed by atoms with Gasteiger partial charge in [0.25, 0.3) is 0 Å². The third-order valence-corrected chi connectivity index (χ3v) is 1.88. The molecule has 15 heavy (non-hydrogen) atoms. The van der Waals surface area contributed by atoms with Crippen molar-refractivity contribution >= 4 is 0 Å². The van der Waals surface area contributed by atoms with Gasteiger partial charge in [0.05, 0.1) is 0 Å². The van der Waals surface area contributed by atoms with Crippen molar-refractivity contribution < 1.29 is 4.39 Å². The maximum atomic E-state index is 13.1. The average Bonchev–Trinajstić information content (AvgIpc) is 2.29. The van der Waals surface area contributed by atoms with Crippen molar-refractivity contribution in [3.63, 3.8) is 0 Å². The molecule has 0 aromatic carbocycles. The fourth-order valence-electron chi connectivity index (χ4n) is 1.16. The Labute approximate surface area is 86.3 Å². The standard InChI is InChI=1S/C10H9FN4/c1-2-7-6-8(11)15-10(14-7)9-12-4-3-5-13-9/h3-6H,2H2,1H3. The number of hydrogen-bond acceptors (Lipinski definition) is 4. The van der Waals surface area contributed by atoms with Gasteiger partial charge in [0.2, 0.25) is 11.8 Å². The van der Waals surface area contributed by atoms with Crippen LogP contribution < -0.4 is 0 Å². The van der Waals surface area contributed by atoms with Crippen molar-refractivity contribution in [3.05, 3.63) is 36.2 Å². The van der Waals surface area contributed by atoms with Gasteiger partial charge in [-0.25, -0.2) is 15.0 Å². The van der Waals surface area contributed by atoms with E-state index in [1.54, 1.807) is 18.5 Å². The normalized spacial score (nSPS) is 10.3. The molecule has 2 rings (SSSR count). The molecule has 0 saturated carbocycles. The number of nitrogens with zero attached hydrogens (tertiary/aromatic N) is 4. The van der Waals surface area contributed by atoms with Crippen LogP contribution in [-0.4, -0.2) is 19.9 Å². The third kappa shape index (κ3) is 2.12. The van der Waals surface area contributed by atoms with Crippen molar-refractivity contribution in [1.82, 2.24) is 19.9 Å². The molecule has 0 radical (unpaired) electrons. The maximum Gasteiger partial charge on any atom is 0.216 e. The Bertz CT molecular complexity index is 458. The molecule has 0 fully saturated rings. The predicted molar refractivity (Wildman–Crippen MR) is 52.4 cm³/mol. The number of hydrogen-bond donors (Lipinski definition) is 0. The molecule has 5 heteroatoms. The molecule has 4 nitrogen and oxygen atoms in total. The van der Waals surface area contributed by atoms with E-state index in [0.717, 1.165) is 0 Å². The van der Waals surface area contributed by atoms with Crippen LogP contribution in [0.3, 0.4) is 0 Å².